The summed E-state index contributed by atoms with van der Waals surface area (Å²) >= 11 is 0. The number of hydrogen-bond acceptors (Lipinski definition) is 2. The van der Waals surface area contributed by atoms with E-state index >= 15 is 0 Å². The van der Waals surface area contributed by atoms with Crippen LogP contribution in [-0.2, 0) is 11.2 Å². The molecule has 1 amide bonds. The van der Waals surface area contributed by atoms with Crippen LogP contribution < -0.4 is 10.6 Å². The van der Waals surface area contributed by atoms with E-state index in [1.165, 1.54) is 37.1 Å². The highest BCUT2D eigenvalue weighted by molar-refractivity contribution is 5.85. The van der Waals surface area contributed by atoms with Crippen molar-refractivity contribution in [3.8, 4) is 0 Å². The summed E-state index contributed by atoms with van der Waals surface area (Å²) in [6, 6.07) is 12.0. The molecule has 0 bridgehead atoms. The van der Waals surface area contributed by atoms with Gasteiger partial charge in [-0.15, -0.1) is 12.4 Å². The Labute approximate surface area is 158 Å². The number of carbonyl (C=O) groups excluding carboxylic acids is 1. The summed E-state index contributed by atoms with van der Waals surface area (Å²) < 4.78 is 27.0. The van der Waals surface area contributed by atoms with Gasteiger partial charge in [0.2, 0.25) is 5.91 Å². The van der Waals surface area contributed by atoms with Gasteiger partial charge in [0.25, 0.3) is 0 Å². The van der Waals surface area contributed by atoms with E-state index < -0.39 is 6.04 Å². The Morgan fingerprint density at radius 3 is 2.42 bits per heavy atom. The van der Waals surface area contributed by atoms with Crippen LogP contribution in [0.15, 0.2) is 48.5 Å². The Bertz CT molecular complexity index is 737. The molecule has 1 aliphatic rings. The Morgan fingerprint density at radius 2 is 1.77 bits per heavy atom. The van der Waals surface area contributed by atoms with Gasteiger partial charge in [-0.25, -0.2) is 8.78 Å². The third-order valence-corrected chi connectivity index (χ3v) is 4.33. The molecule has 0 aromatic heterocycles. The molecule has 1 saturated carbocycles. The Kier molecular flexibility index (Phi) is 7.54. The SMILES string of the molecule is Cl.O=C(CNCC1CC1)NC(Cc1cccc(F)c1)c1cccc(F)c1. The number of hydrogen-bond donors (Lipinski definition) is 2. The number of rotatable bonds is 8. The van der Waals surface area contributed by atoms with Gasteiger partial charge in [-0.2, -0.15) is 0 Å². The van der Waals surface area contributed by atoms with Crippen LogP contribution >= 0.6 is 12.4 Å². The molecule has 2 aromatic carbocycles. The smallest absolute Gasteiger partial charge is 0.234 e. The molecule has 26 heavy (non-hydrogen) atoms. The van der Waals surface area contributed by atoms with E-state index in [0.717, 1.165) is 12.1 Å². The molecule has 0 spiro atoms. The number of carbonyl (C=O) groups is 1. The van der Waals surface area contributed by atoms with Crippen molar-refractivity contribution in [3.63, 3.8) is 0 Å². The van der Waals surface area contributed by atoms with Crippen molar-refractivity contribution in [2.75, 3.05) is 13.1 Å². The Hall–Kier alpha value is -1.98. The first kappa shape index (κ1) is 20.3. The van der Waals surface area contributed by atoms with Crippen LogP contribution in [0, 0.1) is 17.6 Å². The maximum Gasteiger partial charge on any atom is 0.234 e. The maximum absolute atomic E-state index is 13.6. The number of amides is 1. The molecular formula is C20H23ClF2N2O. The molecule has 0 saturated heterocycles. The van der Waals surface area contributed by atoms with Crippen LogP contribution in [0.4, 0.5) is 8.78 Å². The monoisotopic (exact) mass is 380 g/mol. The van der Waals surface area contributed by atoms with E-state index in [4.69, 9.17) is 0 Å². The highest BCUT2D eigenvalue weighted by Crippen LogP contribution is 2.27. The molecule has 1 aliphatic carbocycles. The summed E-state index contributed by atoms with van der Waals surface area (Å²) in [5.41, 5.74) is 1.42. The lowest BCUT2D eigenvalue weighted by Gasteiger charge is -2.20. The van der Waals surface area contributed by atoms with Crippen LogP contribution in [0.3, 0.4) is 0 Å². The van der Waals surface area contributed by atoms with Crippen molar-refractivity contribution in [1.82, 2.24) is 10.6 Å². The van der Waals surface area contributed by atoms with Crippen molar-refractivity contribution in [2.24, 2.45) is 5.92 Å². The fourth-order valence-corrected chi connectivity index (χ4v) is 2.83. The van der Waals surface area contributed by atoms with Gasteiger partial charge >= 0.3 is 0 Å². The fourth-order valence-electron chi connectivity index (χ4n) is 2.83. The number of nitrogens with one attached hydrogen (secondary N) is 2. The van der Waals surface area contributed by atoms with E-state index in [1.54, 1.807) is 24.3 Å². The predicted octanol–water partition coefficient (Wildman–Crippen LogP) is 3.79. The first-order valence-corrected chi connectivity index (χ1v) is 8.60. The van der Waals surface area contributed by atoms with Gasteiger partial charge in [0, 0.05) is 0 Å². The van der Waals surface area contributed by atoms with Crippen molar-refractivity contribution in [3.05, 3.63) is 71.3 Å². The van der Waals surface area contributed by atoms with Crippen LogP contribution in [0.5, 0.6) is 0 Å². The number of benzene rings is 2. The molecule has 0 heterocycles. The molecule has 1 atom stereocenters. The molecule has 0 aliphatic heterocycles. The molecule has 1 fully saturated rings. The summed E-state index contributed by atoms with van der Waals surface area (Å²) in [4.78, 5) is 12.2. The van der Waals surface area contributed by atoms with Gasteiger partial charge in [0.1, 0.15) is 11.6 Å². The normalized spacial score (nSPS) is 14.4. The fraction of sp³-hybridized carbons (Fsp3) is 0.350. The standard InChI is InChI=1S/C20H22F2N2O.ClH/c21-17-5-1-3-15(9-17)10-19(16-4-2-6-18(22)11-16)24-20(25)13-23-12-14-7-8-14;/h1-6,9,11,14,19,23H,7-8,10,12-13H2,(H,24,25);1H. The zero-order chi connectivity index (χ0) is 17.6. The van der Waals surface area contributed by atoms with Crippen molar-refractivity contribution in [2.45, 2.75) is 25.3 Å². The van der Waals surface area contributed by atoms with Gasteiger partial charge in [-0.05, 0) is 67.1 Å². The minimum absolute atomic E-state index is 0. The zero-order valence-corrected chi connectivity index (χ0v) is 15.2. The second-order valence-electron chi connectivity index (χ2n) is 6.58. The van der Waals surface area contributed by atoms with Crippen molar-refractivity contribution in [1.29, 1.82) is 0 Å². The van der Waals surface area contributed by atoms with Crippen molar-refractivity contribution < 1.29 is 13.6 Å². The van der Waals surface area contributed by atoms with Gasteiger partial charge in [-0.3, -0.25) is 4.79 Å². The highest BCUT2D eigenvalue weighted by atomic mass is 35.5. The van der Waals surface area contributed by atoms with Gasteiger partial charge in [-0.1, -0.05) is 24.3 Å². The van der Waals surface area contributed by atoms with E-state index in [2.05, 4.69) is 10.6 Å². The maximum atomic E-state index is 13.6. The largest absolute Gasteiger partial charge is 0.348 e. The van der Waals surface area contributed by atoms with E-state index in [0.29, 0.717) is 17.9 Å². The summed E-state index contributed by atoms with van der Waals surface area (Å²) in [6.45, 7) is 1.08. The van der Waals surface area contributed by atoms with Gasteiger partial charge < -0.3 is 10.6 Å². The predicted molar refractivity (Wildman–Crippen MR) is 100 cm³/mol. The van der Waals surface area contributed by atoms with Crippen LogP contribution in [0.25, 0.3) is 0 Å². The molecule has 6 heteroatoms. The quantitative estimate of drug-likeness (QED) is 0.731. The molecule has 3 rings (SSSR count). The van der Waals surface area contributed by atoms with E-state index in [9.17, 15) is 13.6 Å². The minimum Gasteiger partial charge on any atom is -0.348 e. The number of halogens is 3. The summed E-state index contributed by atoms with van der Waals surface area (Å²) in [6.07, 6.45) is 2.84. The summed E-state index contributed by atoms with van der Waals surface area (Å²) in [5, 5.41) is 6.07. The molecule has 0 radical (unpaired) electrons. The van der Waals surface area contributed by atoms with Crippen molar-refractivity contribution >= 4 is 18.3 Å². The van der Waals surface area contributed by atoms with Crippen LogP contribution in [-0.4, -0.2) is 19.0 Å². The Morgan fingerprint density at radius 1 is 1.08 bits per heavy atom. The average molecular weight is 381 g/mol. The minimum atomic E-state index is -0.410. The summed E-state index contributed by atoms with van der Waals surface area (Å²) in [7, 11) is 0. The third-order valence-electron chi connectivity index (χ3n) is 4.33. The van der Waals surface area contributed by atoms with Crippen LogP contribution in [0.1, 0.15) is 30.0 Å². The molecule has 2 N–H and O–H groups in total. The molecule has 2 aromatic rings. The van der Waals surface area contributed by atoms with E-state index in [1.807, 2.05) is 0 Å². The first-order chi connectivity index (χ1) is 12.1. The van der Waals surface area contributed by atoms with E-state index in [-0.39, 0.29) is 36.5 Å². The second-order valence-corrected chi connectivity index (χ2v) is 6.58. The second kappa shape index (κ2) is 9.64. The van der Waals surface area contributed by atoms with Gasteiger partial charge in [0.05, 0.1) is 12.6 Å². The topological polar surface area (TPSA) is 41.1 Å². The first-order valence-electron chi connectivity index (χ1n) is 8.60. The lowest BCUT2D eigenvalue weighted by Crippen LogP contribution is -2.37. The average Bonchev–Trinajstić information content (AvgIpc) is 3.39. The molecule has 1 unspecified atom stereocenters. The lowest BCUT2D eigenvalue weighted by atomic mass is 9.98. The van der Waals surface area contributed by atoms with Crippen LogP contribution in [0.2, 0.25) is 0 Å². The zero-order valence-electron chi connectivity index (χ0n) is 14.4. The molecule has 140 valence electrons. The summed E-state index contributed by atoms with van der Waals surface area (Å²) in [5.74, 6) is -0.138. The molecular weight excluding hydrogens is 358 g/mol. The lowest BCUT2D eigenvalue weighted by molar-refractivity contribution is -0.121. The van der Waals surface area contributed by atoms with Gasteiger partial charge in [0.15, 0.2) is 0 Å². The third kappa shape index (κ3) is 6.39. The highest BCUT2D eigenvalue weighted by Gasteiger charge is 2.21. The Balaban J connectivity index is 0.00000243. The molecule has 3 nitrogen and oxygen atoms in total.